The summed E-state index contributed by atoms with van der Waals surface area (Å²) in [6.45, 7) is 5.89. The van der Waals surface area contributed by atoms with Gasteiger partial charge < -0.3 is 21.3 Å². The predicted molar refractivity (Wildman–Crippen MR) is 119 cm³/mol. The van der Waals surface area contributed by atoms with Crippen LogP contribution in [0, 0.1) is 5.41 Å². The number of anilines is 4. The molecule has 160 valence electrons. The predicted octanol–water partition coefficient (Wildman–Crippen LogP) is 1.74. The van der Waals surface area contributed by atoms with Gasteiger partial charge in [0.25, 0.3) is 0 Å². The molecule has 0 spiro atoms. The molecule has 9 nitrogen and oxygen atoms in total. The highest BCUT2D eigenvalue weighted by Crippen LogP contribution is 2.40. The lowest BCUT2D eigenvalue weighted by Crippen LogP contribution is -2.42. The fraction of sp³-hybridized carbons (Fsp3) is 0.571. The van der Waals surface area contributed by atoms with Gasteiger partial charge in [0, 0.05) is 26.7 Å². The SMILES string of the molecule is CN1Nc2nc(N3CCC(C)(CN)CC3)cnc2C1N1CCCc2nc(N)ccc21. The molecule has 5 heterocycles. The van der Waals surface area contributed by atoms with Crippen LogP contribution in [-0.4, -0.2) is 53.2 Å². The summed E-state index contributed by atoms with van der Waals surface area (Å²) in [5.41, 5.74) is 18.7. The highest BCUT2D eigenvalue weighted by Gasteiger charge is 2.38. The van der Waals surface area contributed by atoms with Gasteiger partial charge in [0.2, 0.25) is 0 Å². The van der Waals surface area contributed by atoms with E-state index in [9.17, 15) is 0 Å². The smallest absolute Gasteiger partial charge is 0.168 e. The van der Waals surface area contributed by atoms with Crippen molar-refractivity contribution in [1.29, 1.82) is 0 Å². The van der Waals surface area contributed by atoms with E-state index in [1.807, 2.05) is 19.3 Å². The topological polar surface area (TPSA) is 112 Å². The first kappa shape index (κ1) is 19.3. The third kappa shape index (κ3) is 3.22. The van der Waals surface area contributed by atoms with Crippen molar-refractivity contribution >= 4 is 23.1 Å². The maximum atomic E-state index is 5.96. The number of aryl methyl sites for hydroxylation is 1. The van der Waals surface area contributed by atoms with Crippen LogP contribution in [-0.2, 0) is 6.42 Å². The minimum atomic E-state index is -0.0205. The van der Waals surface area contributed by atoms with Gasteiger partial charge in [0.05, 0.1) is 17.6 Å². The summed E-state index contributed by atoms with van der Waals surface area (Å²) in [5.74, 6) is 2.34. The van der Waals surface area contributed by atoms with E-state index in [2.05, 4.69) is 38.2 Å². The molecule has 1 unspecified atom stereocenters. The van der Waals surface area contributed by atoms with Gasteiger partial charge in [-0.2, -0.15) is 5.01 Å². The molecule has 0 amide bonds. The Hall–Kier alpha value is -2.65. The second-order valence-electron chi connectivity index (χ2n) is 9.06. The van der Waals surface area contributed by atoms with Crippen molar-refractivity contribution in [2.24, 2.45) is 11.1 Å². The lowest BCUT2D eigenvalue weighted by Gasteiger charge is -2.39. The molecule has 5 N–H and O–H groups in total. The van der Waals surface area contributed by atoms with Gasteiger partial charge in [0.15, 0.2) is 5.82 Å². The number of nitrogens with zero attached hydrogens (tertiary/aromatic N) is 6. The van der Waals surface area contributed by atoms with E-state index in [1.165, 1.54) is 0 Å². The van der Waals surface area contributed by atoms with Crippen LogP contribution < -0.4 is 26.7 Å². The fourth-order valence-electron chi connectivity index (χ4n) is 4.81. The number of aromatic nitrogens is 3. The molecule has 9 heteroatoms. The molecule has 1 atom stereocenters. The number of hydrogen-bond donors (Lipinski definition) is 3. The minimum Gasteiger partial charge on any atom is -0.384 e. The van der Waals surface area contributed by atoms with Crippen LogP contribution in [0.5, 0.6) is 0 Å². The van der Waals surface area contributed by atoms with Crippen LogP contribution in [0.2, 0.25) is 0 Å². The highest BCUT2D eigenvalue weighted by molar-refractivity contribution is 5.61. The molecule has 3 aliphatic heterocycles. The Balaban J connectivity index is 1.41. The average molecular weight is 410 g/mol. The molecular formula is C21H31N9. The number of piperidine rings is 1. The highest BCUT2D eigenvalue weighted by atomic mass is 15.6. The lowest BCUT2D eigenvalue weighted by molar-refractivity contribution is 0.258. The molecule has 0 aliphatic carbocycles. The Bertz CT molecular complexity index is 938. The minimum absolute atomic E-state index is 0.0205. The molecule has 0 saturated carbocycles. The van der Waals surface area contributed by atoms with E-state index in [0.717, 1.165) is 80.6 Å². The Kier molecular flexibility index (Phi) is 4.67. The van der Waals surface area contributed by atoms with Crippen molar-refractivity contribution in [3.63, 3.8) is 0 Å². The van der Waals surface area contributed by atoms with Gasteiger partial charge in [0.1, 0.15) is 23.5 Å². The molecule has 2 aromatic heterocycles. The van der Waals surface area contributed by atoms with E-state index in [-0.39, 0.29) is 11.6 Å². The Morgan fingerprint density at radius 1 is 1.20 bits per heavy atom. The fourth-order valence-corrected chi connectivity index (χ4v) is 4.81. The first-order valence-electron chi connectivity index (χ1n) is 10.8. The van der Waals surface area contributed by atoms with Crippen molar-refractivity contribution in [3.05, 3.63) is 29.7 Å². The monoisotopic (exact) mass is 409 g/mol. The van der Waals surface area contributed by atoms with Gasteiger partial charge in [-0.3, -0.25) is 5.43 Å². The molecule has 0 bridgehead atoms. The summed E-state index contributed by atoms with van der Waals surface area (Å²) < 4.78 is 0. The largest absolute Gasteiger partial charge is 0.384 e. The van der Waals surface area contributed by atoms with Gasteiger partial charge >= 0.3 is 0 Å². The summed E-state index contributed by atoms with van der Waals surface area (Å²) in [4.78, 5) is 19.0. The first-order valence-corrected chi connectivity index (χ1v) is 10.8. The van der Waals surface area contributed by atoms with E-state index in [1.54, 1.807) is 0 Å². The van der Waals surface area contributed by atoms with Crippen molar-refractivity contribution < 1.29 is 0 Å². The number of hydrazine groups is 1. The van der Waals surface area contributed by atoms with Gasteiger partial charge in [-0.1, -0.05) is 6.92 Å². The third-order valence-electron chi connectivity index (χ3n) is 6.86. The summed E-state index contributed by atoms with van der Waals surface area (Å²) in [5, 5.41) is 2.08. The molecule has 30 heavy (non-hydrogen) atoms. The van der Waals surface area contributed by atoms with Gasteiger partial charge in [-0.15, -0.1) is 0 Å². The lowest BCUT2D eigenvalue weighted by atomic mass is 9.80. The van der Waals surface area contributed by atoms with E-state index in [0.29, 0.717) is 5.82 Å². The third-order valence-corrected chi connectivity index (χ3v) is 6.86. The second kappa shape index (κ2) is 7.24. The molecule has 2 aromatic rings. The van der Waals surface area contributed by atoms with Crippen LogP contribution in [0.4, 0.5) is 23.1 Å². The average Bonchev–Trinajstić information content (AvgIpc) is 3.08. The van der Waals surface area contributed by atoms with Gasteiger partial charge in [-0.05, 0) is 49.8 Å². The number of pyridine rings is 1. The van der Waals surface area contributed by atoms with Crippen LogP contribution in [0.1, 0.15) is 43.7 Å². The number of nitrogens with one attached hydrogen (secondary N) is 1. The van der Waals surface area contributed by atoms with Crippen LogP contribution >= 0.6 is 0 Å². The van der Waals surface area contributed by atoms with Crippen LogP contribution in [0.3, 0.4) is 0 Å². The van der Waals surface area contributed by atoms with Crippen molar-refractivity contribution in [2.75, 3.05) is 54.2 Å². The molecule has 3 aliphatic rings. The van der Waals surface area contributed by atoms with E-state index < -0.39 is 0 Å². The maximum absolute atomic E-state index is 5.96. The van der Waals surface area contributed by atoms with Crippen molar-refractivity contribution in [1.82, 2.24) is 20.0 Å². The zero-order valence-electron chi connectivity index (χ0n) is 17.8. The van der Waals surface area contributed by atoms with Crippen LogP contribution in [0.15, 0.2) is 18.3 Å². The van der Waals surface area contributed by atoms with Crippen molar-refractivity contribution in [2.45, 2.75) is 38.8 Å². The zero-order chi connectivity index (χ0) is 20.9. The molecule has 1 saturated heterocycles. The Morgan fingerprint density at radius 3 is 2.77 bits per heavy atom. The maximum Gasteiger partial charge on any atom is 0.168 e. The first-order chi connectivity index (χ1) is 14.5. The second-order valence-corrected chi connectivity index (χ2v) is 9.06. The molecule has 0 aromatic carbocycles. The quantitative estimate of drug-likeness (QED) is 0.698. The number of rotatable bonds is 3. The number of fused-ring (bicyclic) bond motifs is 2. The molecule has 1 fully saturated rings. The Morgan fingerprint density at radius 2 is 2.00 bits per heavy atom. The van der Waals surface area contributed by atoms with E-state index in [4.69, 9.17) is 21.4 Å². The molecule has 5 rings (SSSR count). The number of hydrogen-bond acceptors (Lipinski definition) is 9. The van der Waals surface area contributed by atoms with Crippen LogP contribution in [0.25, 0.3) is 0 Å². The zero-order valence-corrected chi connectivity index (χ0v) is 17.8. The normalized spacial score (nSPS) is 23.1. The summed E-state index contributed by atoms with van der Waals surface area (Å²) in [6.07, 6.45) is 6.06. The summed E-state index contributed by atoms with van der Waals surface area (Å²) >= 11 is 0. The van der Waals surface area contributed by atoms with Gasteiger partial charge in [-0.25, -0.2) is 15.0 Å². The summed E-state index contributed by atoms with van der Waals surface area (Å²) in [7, 11) is 2.04. The molecule has 0 radical (unpaired) electrons. The number of nitrogen functional groups attached to an aromatic ring is 1. The standard InChI is InChI=1S/C21H31N9/c1-21(13-22)7-10-29(11-8-21)17-12-24-18-19(26-17)27-28(2)20(18)30-9-3-4-14-15(30)5-6-16(23)25-14/h5-6,12,20H,3-4,7-11,13,22H2,1-2H3,(H2,23,25)(H,26,27). The summed E-state index contributed by atoms with van der Waals surface area (Å²) in [6, 6.07) is 3.95. The Labute approximate surface area is 177 Å². The molecular weight excluding hydrogens is 378 g/mol. The van der Waals surface area contributed by atoms with Crippen molar-refractivity contribution in [3.8, 4) is 0 Å². The van der Waals surface area contributed by atoms with E-state index >= 15 is 0 Å². The number of nitrogens with two attached hydrogens (primary N) is 2.